The van der Waals surface area contributed by atoms with Gasteiger partial charge in [0.25, 0.3) is 0 Å². The molecule has 0 spiro atoms. The van der Waals surface area contributed by atoms with Crippen LogP contribution in [0.1, 0.15) is 44.6 Å². The van der Waals surface area contributed by atoms with Gasteiger partial charge in [-0.3, -0.25) is 0 Å². The first-order chi connectivity index (χ1) is 23.3. The number of pyridine rings is 1. The zero-order valence-electron chi connectivity index (χ0n) is 26.7. The second kappa shape index (κ2) is 12.0. The van der Waals surface area contributed by atoms with Gasteiger partial charge in [0.1, 0.15) is 46.8 Å². The van der Waals surface area contributed by atoms with E-state index in [2.05, 4.69) is 37.9 Å². The molecule has 0 amide bonds. The van der Waals surface area contributed by atoms with E-state index in [-0.39, 0.29) is 69.5 Å². The second-order valence-corrected chi connectivity index (χ2v) is 13.6. The minimum Gasteiger partial charge on any atom is -0.508 e. The molecule has 48 heavy (non-hydrogen) atoms. The average Bonchev–Trinajstić information content (AvgIpc) is 3.88. The van der Waals surface area contributed by atoms with E-state index in [0.29, 0.717) is 49.1 Å². The van der Waals surface area contributed by atoms with Gasteiger partial charge in [0.2, 0.25) is 5.88 Å². The van der Waals surface area contributed by atoms with Crippen LogP contribution in [0.15, 0.2) is 24.3 Å². The molecular weight excluding hydrogens is 621 g/mol. The fourth-order valence-corrected chi connectivity index (χ4v) is 7.63. The quantitative estimate of drug-likeness (QED) is 0.255. The van der Waals surface area contributed by atoms with Gasteiger partial charge in [-0.1, -0.05) is 18.9 Å². The molecule has 0 unspecified atom stereocenters. The van der Waals surface area contributed by atoms with E-state index in [1.807, 2.05) is 0 Å². The summed E-state index contributed by atoms with van der Waals surface area (Å²) in [6, 6.07) is 5.48. The summed E-state index contributed by atoms with van der Waals surface area (Å²) < 4.78 is 58.4. The van der Waals surface area contributed by atoms with Gasteiger partial charge in [-0.25, -0.2) is 18.2 Å². The molecule has 2 aromatic carbocycles. The first kappa shape index (κ1) is 31.0. The van der Waals surface area contributed by atoms with Crippen molar-refractivity contribution < 1.29 is 27.8 Å². The molecule has 0 radical (unpaired) electrons. The summed E-state index contributed by atoms with van der Waals surface area (Å²) in [6.07, 6.45) is 8.86. The summed E-state index contributed by atoms with van der Waals surface area (Å²) in [4.78, 5) is 18.6. The molecule has 1 aliphatic carbocycles. The number of fused-ring (bicyclic) bond motifs is 3. The molecular formula is C36H37F3N6O3. The van der Waals surface area contributed by atoms with Gasteiger partial charge in [-0.15, -0.1) is 6.42 Å². The number of nitrogens with zero attached hydrogens (tertiary/aromatic N) is 5. The number of benzene rings is 2. The van der Waals surface area contributed by atoms with Crippen LogP contribution < -0.4 is 19.7 Å². The lowest BCUT2D eigenvalue weighted by Crippen LogP contribution is -2.60. The highest BCUT2D eigenvalue weighted by atomic mass is 19.1. The van der Waals surface area contributed by atoms with Crippen LogP contribution in [0, 0.1) is 29.4 Å². The number of rotatable bonds is 7. The Morgan fingerprint density at radius 3 is 2.69 bits per heavy atom. The number of alkyl halides is 1. The minimum absolute atomic E-state index is 0.0385. The van der Waals surface area contributed by atoms with E-state index in [9.17, 15) is 13.9 Å². The van der Waals surface area contributed by atoms with Crippen molar-refractivity contribution in [1.82, 2.24) is 25.2 Å². The number of piperidine rings is 1. The maximum absolute atomic E-state index is 17.0. The molecule has 12 heteroatoms. The molecule has 2 aromatic heterocycles. The van der Waals surface area contributed by atoms with Crippen LogP contribution in [0.2, 0.25) is 0 Å². The maximum Gasteiger partial charge on any atom is 0.319 e. The molecule has 2 saturated heterocycles. The summed E-state index contributed by atoms with van der Waals surface area (Å²) in [5.74, 6) is 1.41. The number of phenolic OH excluding ortho intramolecular Hbond substituents is 1. The third-order valence-electron chi connectivity index (χ3n) is 10.4. The Balaban J connectivity index is 1.26. The lowest BCUT2D eigenvalue weighted by molar-refractivity contribution is 0.107. The zero-order chi connectivity index (χ0) is 33.2. The number of ether oxygens (including phenoxy) is 2. The van der Waals surface area contributed by atoms with Crippen molar-refractivity contribution in [2.45, 2.75) is 57.3 Å². The number of phenols is 1. The van der Waals surface area contributed by atoms with Crippen molar-refractivity contribution in [3.05, 3.63) is 41.5 Å². The first-order valence-electron chi connectivity index (χ1n) is 16.7. The molecule has 5 heterocycles. The number of nitrogens with one attached hydrogen (secondary N) is 1. The van der Waals surface area contributed by atoms with E-state index in [0.717, 1.165) is 38.9 Å². The Hall–Kier alpha value is -4.34. The van der Waals surface area contributed by atoms with Crippen LogP contribution in [0.25, 0.3) is 32.9 Å². The molecule has 250 valence electrons. The van der Waals surface area contributed by atoms with Gasteiger partial charge in [-0.2, -0.15) is 9.97 Å². The fraction of sp³-hybridized carbons (Fsp3) is 0.472. The van der Waals surface area contributed by atoms with Gasteiger partial charge < -0.3 is 29.7 Å². The van der Waals surface area contributed by atoms with E-state index in [4.69, 9.17) is 20.9 Å². The van der Waals surface area contributed by atoms with Gasteiger partial charge in [0.15, 0.2) is 5.82 Å². The number of halogens is 3. The number of piperazine rings is 1. The van der Waals surface area contributed by atoms with Crippen LogP contribution in [-0.4, -0.2) is 89.2 Å². The van der Waals surface area contributed by atoms with Crippen LogP contribution in [-0.2, 0) is 0 Å². The van der Waals surface area contributed by atoms with Crippen molar-refractivity contribution in [1.29, 1.82) is 0 Å². The minimum atomic E-state index is -0.791. The topological polar surface area (TPSA) is 95.9 Å². The molecule has 1 saturated carbocycles. The smallest absolute Gasteiger partial charge is 0.319 e. The normalized spacial score (nSPS) is 22.2. The zero-order valence-corrected chi connectivity index (χ0v) is 26.7. The SMILES string of the molecule is C#Cc1c(F)ccc2cc(O)cc(-c3nc4c5c(nc(OCC6(CN7CCC(F)CC7)CC6)nc5c3F)N3CCN[C@@H](CC)[C@H]3CO4)c12. The highest BCUT2D eigenvalue weighted by Gasteiger charge is 2.46. The summed E-state index contributed by atoms with van der Waals surface area (Å²) in [6.45, 7) is 6.26. The van der Waals surface area contributed by atoms with Crippen LogP contribution in [0.5, 0.6) is 17.6 Å². The predicted molar refractivity (Wildman–Crippen MR) is 176 cm³/mol. The van der Waals surface area contributed by atoms with Crippen molar-refractivity contribution in [3.63, 3.8) is 0 Å². The third kappa shape index (κ3) is 5.33. The number of terminal acetylenes is 1. The van der Waals surface area contributed by atoms with Gasteiger partial charge >= 0.3 is 6.01 Å². The Bertz CT molecular complexity index is 1960. The highest BCUT2D eigenvalue weighted by Crippen LogP contribution is 2.48. The summed E-state index contributed by atoms with van der Waals surface area (Å²) in [7, 11) is 0. The summed E-state index contributed by atoms with van der Waals surface area (Å²) >= 11 is 0. The first-order valence-corrected chi connectivity index (χ1v) is 16.7. The molecule has 3 aliphatic heterocycles. The molecule has 2 N–H and O–H groups in total. The van der Waals surface area contributed by atoms with Crippen molar-refractivity contribution in [2.75, 3.05) is 50.8 Å². The Morgan fingerprint density at radius 1 is 1.12 bits per heavy atom. The van der Waals surface area contributed by atoms with E-state index >= 15 is 4.39 Å². The molecule has 3 fully saturated rings. The van der Waals surface area contributed by atoms with Crippen molar-refractivity contribution >= 4 is 27.5 Å². The molecule has 0 bridgehead atoms. The largest absolute Gasteiger partial charge is 0.508 e. The predicted octanol–water partition coefficient (Wildman–Crippen LogP) is 5.35. The third-order valence-corrected chi connectivity index (χ3v) is 10.4. The second-order valence-electron chi connectivity index (χ2n) is 13.6. The Labute approximate surface area is 276 Å². The fourth-order valence-electron chi connectivity index (χ4n) is 7.63. The summed E-state index contributed by atoms with van der Waals surface area (Å²) in [5.41, 5.74) is -0.276. The molecule has 9 nitrogen and oxygen atoms in total. The number of likely N-dealkylation sites (tertiary alicyclic amines) is 1. The van der Waals surface area contributed by atoms with E-state index < -0.39 is 17.8 Å². The molecule has 8 rings (SSSR count). The number of aromatic nitrogens is 3. The average molecular weight is 659 g/mol. The highest BCUT2D eigenvalue weighted by molar-refractivity contribution is 6.04. The number of anilines is 1. The van der Waals surface area contributed by atoms with Crippen LogP contribution in [0.3, 0.4) is 0 Å². The van der Waals surface area contributed by atoms with E-state index in [1.54, 1.807) is 0 Å². The van der Waals surface area contributed by atoms with Gasteiger partial charge in [0, 0.05) is 55.1 Å². The lowest BCUT2D eigenvalue weighted by atomic mass is 9.95. The monoisotopic (exact) mass is 658 g/mol. The van der Waals surface area contributed by atoms with Crippen LogP contribution in [0.4, 0.5) is 19.0 Å². The van der Waals surface area contributed by atoms with Crippen molar-refractivity contribution in [2.24, 2.45) is 5.41 Å². The Kier molecular flexibility index (Phi) is 7.72. The molecule has 4 aromatic rings. The molecule has 2 atom stereocenters. The Morgan fingerprint density at radius 2 is 1.94 bits per heavy atom. The van der Waals surface area contributed by atoms with E-state index in [1.165, 1.54) is 24.3 Å². The van der Waals surface area contributed by atoms with Gasteiger partial charge in [-0.05, 0) is 55.7 Å². The van der Waals surface area contributed by atoms with Crippen LogP contribution >= 0.6 is 0 Å². The van der Waals surface area contributed by atoms with Gasteiger partial charge in [0.05, 0.1) is 18.2 Å². The number of aromatic hydroxyl groups is 1. The standard InChI is InChI=1S/C36H37F3N6O3/c1-3-23-25(38)6-5-20-15-22(46)16-24(28(20)23)31-30(39)32-29-33(45-14-11-40-26(4-2)27(45)17-47-34(29)41-31)43-35(42-32)48-19-36(9-10-36)18-44-12-7-21(37)8-13-44/h1,5-6,15-16,21,26-27,40,46H,4,7-14,17-19H2,2H3/t26-,27+/m0/s1. The number of hydrogen-bond donors (Lipinski definition) is 2. The molecule has 4 aliphatic rings. The lowest BCUT2D eigenvalue weighted by Gasteiger charge is -2.41. The summed E-state index contributed by atoms with van der Waals surface area (Å²) in [5, 5.41) is 15.2. The maximum atomic E-state index is 17.0. The van der Waals surface area contributed by atoms with Crippen molar-refractivity contribution in [3.8, 4) is 41.2 Å². The number of hydrogen-bond acceptors (Lipinski definition) is 9.